The molecule has 0 aliphatic rings. The third-order valence-electron chi connectivity index (χ3n) is 2.14. The summed E-state index contributed by atoms with van der Waals surface area (Å²) < 4.78 is 0. The van der Waals surface area contributed by atoms with Crippen molar-refractivity contribution in [3.63, 3.8) is 0 Å². The monoisotopic (exact) mass is 163 g/mol. The van der Waals surface area contributed by atoms with Crippen LogP contribution >= 0.6 is 0 Å². The highest BCUT2D eigenvalue weighted by molar-refractivity contribution is 5.40. The van der Waals surface area contributed by atoms with Crippen LogP contribution in [-0.2, 0) is 11.5 Å². The van der Waals surface area contributed by atoms with Crippen LogP contribution in [0.3, 0.4) is 0 Å². The zero-order chi connectivity index (χ0) is 9.14. The van der Waals surface area contributed by atoms with E-state index in [0.717, 1.165) is 12.0 Å². The Hall–Kier alpha value is -0.980. The summed E-state index contributed by atoms with van der Waals surface area (Å²) in [5.41, 5.74) is 2.18. The maximum Gasteiger partial charge on any atom is 0.182 e. The molecule has 0 fully saturated rings. The van der Waals surface area contributed by atoms with E-state index in [-0.39, 0.29) is 5.75 Å². The Kier molecular flexibility index (Phi) is 2.74. The predicted molar refractivity (Wildman–Crippen MR) is 50.0 cm³/mol. The lowest BCUT2D eigenvalue weighted by atomic mass is 9.95. The van der Waals surface area contributed by atoms with E-state index in [4.69, 9.17) is 0 Å². The van der Waals surface area contributed by atoms with Crippen molar-refractivity contribution in [1.29, 1.82) is 0 Å². The molecule has 0 amide bonds. The fraction of sp³-hybridized carbons (Fsp3) is 0.455. The van der Waals surface area contributed by atoms with Crippen LogP contribution in [0.2, 0.25) is 0 Å². The van der Waals surface area contributed by atoms with E-state index in [1.807, 2.05) is 19.1 Å². The number of hydrogen-bond donors (Lipinski definition) is 0. The minimum absolute atomic E-state index is 0.184. The van der Waals surface area contributed by atoms with Crippen LogP contribution in [0.15, 0.2) is 18.2 Å². The second-order valence-electron chi connectivity index (χ2n) is 3.33. The smallest absolute Gasteiger partial charge is 0.182 e. The van der Waals surface area contributed by atoms with Crippen molar-refractivity contribution in [3.05, 3.63) is 29.3 Å². The molecule has 0 aromatic heterocycles. The molecule has 1 rings (SSSR count). The fourth-order valence-corrected chi connectivity index (χ4v) is 1.50. The van der Waals surface area contributed by atoms with Gasteiger partial charge in [-0.25, -0.2) is 0 Å². The van der Waals surface area contributed by atoms with E-state index in [1.54, 1.807) is 6.07 Å². The van der Waals surface area contributed by atoms with E-state index in [9.17, 15) is 5.11 Å². The standard InChI is InChI=1S/C11H15O/c1-4-9-10(8(2)3)6-5-7-11(9)12/h5-8H,4H2,1-3H3. The molecular weight excluding hydrogens is 148 g/mol. The molecular formula is C11H15O. The van der Waals surface area contributed by atoms with Crippen LogP contribution in [0, 0.1) is 0 Å². The molecule has 1 heteroatoms. The summed E-state index contributed by atoms with van der Waals surface area (Å²) in [5, 5.41) is 11.4. The summed E-state index contributed by atoms with van der Waals surface area (Å²) in [5.74, 6) is 0.637. The molecule has 0 saturated carbocycles. The maximum absolute atomic E-state index is 11.4. The molecule has 0 aliphatic carbocycles. The van der Waals surface area contributed by atoms with E-state index < -0.39 is 0 Å². The SMILES string of the molecule is CCc1c([O])cccc1C(C)C. The number of rotatable bonds is 2. The first-order valence-corrected chi connectivity index (χ1v) is 4.45. The largest absolute Gasteiger partial charge is 0.290 e. The highest BCUT2D eigenvalue weighted by atomic mass is 16.3. The van der Waals surface area contributed by atoms with Crippen LogP contribution in [0.5, 0.6) is 5.75 Å². The zero-order valence-corrected chi connectivity index (χ0v) is 7.92. The Morgan fingerprint density at radius 3 is 2.42 bits per heavy atom. The molecule has 65 valence electrons. The minimum atomic E-state index is 0.184. The molecule has 0 heterocycles. The number of hydrogen-bond acceptors (Lipinski definition) is 0. The van der Waals surface area contributed by atoms with Crippen LogP contribution in [0.25, 0.3) is 0 Å². The molecule has 0 atom stereocenters. The Morgan fingerprint density at radius 1 is 1.33 bits per heavy atom. The van der Waals surface area contributed by atoms with Gasteiger partial charge in [0.25, 0.3) is 0 Å². The normalized spacial score (nSPS) is 10.7. The second kappa shape index (κ2) is 3.61. The van der Waals surface area contributed by atoms with E-state index in [1.165, 1.54) is 5.56 Å². The highest BCUT2D eigenvalue weighted by Crippen LogP contribution is 2.27. The van der Waals surface area contributed by atoms with Crippen molar-refractivity contribution < 1.29 is 5.11 Å². The van der Waals surface area contributed by atoms with Crippen LogP contribution in [0.4, 0.5) is 0 Å². The quantitative estimate of drug-likeness (QED) is 0.635. The molecule has 1 radical (unpaired) electrons. The molecule has 0 bridgehead atoms. The predicted octanol–water partition coefficient (Wildman–Crippen LogP) is 3.52. The molecule has 1 aromatic carbocycles. The second-order valence-corrected chi connectivity index (χ2v) is 3.33. The molecule has 1 nitrogen and oxygen atoms in total. The van der Waals surface area contributed by atoms with Gasteiger partial charge >= 0.3 is 0 Å². The zero-order valence-electron chi connectivity index (χ0n) is 7.92. The van der Waals surface area contributed by atoms with E-state index >= 15 is 0 Å². The lowest BCUT2D eigenvalue weighted by Crippen LogP contribution is -1.94. The first kappa shape index (κ1) is 9.11. The van der Waals surface area contributed by atoms with Gasteiger partial charge in [0.1, 0.15) is 0 Å². The van der Waals surface area contributed by atoms with Gasteiger partial charge in [-0.15, -0.1) is 0 Å². The molecule has 0 saturated heterocycles. The first-order chi connectivity index (χ1) is 5.66. The van der Waals surface area contributed by atoms with E-state index in [2.05, 4.69) is 13.8 Å². The van der Waals surface area contributed by atoms with Crippen molar-refractivity contribution in [3.8, 4) is 5.75 Å². The Balaban J connectivity index is 3.18. The third kappa shape index (κ3) is 1.60. The molecule has 12 heavy (non-hydrogen) atoms. The van der Waals surface area contributed by atoms with E-state index in [0.29, 0.717) is 5.92 Å². The van der Waals surface area contributed by atoms with Crippen molar-refractivity contribution in [2.75, 3.05) is 0 Å². The van der Waals surface area contributed by atoms with Crippen molar-refractivity contribution >= 4 is 0 Å². The van der Waals surface area contributed by atoms with Gasteiger partial charge < -0.3 is 0 Å². The summed E-state index contributed by atoms with van der Waals surface area (Å²) in [7, 11) is 0. The van der Waals surface area contributed by atoms with Gasteiger partial charge in [-0.05, 0) is 24.0 Å². The molecule has 0 spiro atoms. The molecule has 1 aromatic rings. The van der Waals surface area contributed by atoms with Gasteiger partial charge in [-0.3, -0.25) is 5.11 Å². The summed E-state index contributed by atoms with van der Waals surface area (Å²) in [6.07, 6.45) is 0.840. The van der Waals surface area contributed by atoms with Gasteiger partial charge in [-0.1, -0.05) is 32.9 Å². The van der Waals surface area contributed by atoms with Crippen LogP contribution in [0.1, 0.15) is 37.8 Å². The van der Waals surface area contributed by atoms with Crippen molar-refractivity contribution in [2.24, 2.45) is 0 Å². The average molecular weight is 163 g/mol. The maximum atomic E-state index is 11.4. The average Bonchev–Trinajstić information content (AvgIpc) is 2.03. The summed E-state index contributed by atoms with van der Waals surface area (Å²) in [4.78, 5) is 0. The van der Waals surface area contributed by atoms with Gasteiger partial charge in [0.05, 0.1) is 0 Å². The summed E-state index contributed by atoms with van der Waals surface area (Å²) >= 11 is 0. The topological polar surface area (TPSA) is 19.9 Å². The Bertz CT molecular complexity index is 264. The summed E-state index contributed by atoms with van der Waals surface area (Å²) in [6, 6.07) is 5.53. The molecule has 0 N–H and O–H groups in total. The summed E-state index contributed by atoms with van der Waals surface area (Å²) in [6.45, 7) is 6.27. The third-order valence-corrected chi connectivity index (χ3v) is 2.14. The Morgan fingerprint density at radius 2 is 2.00 bits per heavy atom. The van der Waals surface area contributed by atoms with Gasteiger partial charge in [0.2, 0.25) is 0 Å². The highest BCUT2D eigenvalue weighted by Gasteiger charge is 2.09. The van der Waals surface area contributed by atoms with Crippen LogP contribution in [-0.4, -0.2) is 0 Å². The first-order valence-electron chi connectivity index (χ1n) is 4.45. The molecule has 0 aliphatic heterocycles. The van der Waals surface area contributed by atoms with Crippen molar-refractivity contribution in [1.82, 2.24) is 0 Å². The van der Waals surface area contributed by atoms with Crippen molar-refractivity contribution in [2.45, 2.75) is 33.1 Å². The lowest BCUT2D eigenvalue weighted by Gasteiger charge is -2.10. The lowest BCUT2D eigenvalue weighted by molar-refractivity contribution is 0.349. The molecule has 0 unspecified atom stereocenters. The van der Waals surface area contributed by atoms with Crippen LogP contribution < -0.4 is 0 Å². The fourth-order valence-electron chi connectivity index (χ4n) is 1.50. The van der Waals surface area contributed by atoms with Gasteiger partial charge in [-0.2, -0.15) is 0 Å². The Labute approximate surface area is 74.1 Å². The number of benzene rings is 1. The van der Waals surface area contributed by atoms with Gasteiger partial charge in [0.15, 0.2) is 5.75 Å². The van der Waals surface area contributed by atoms with Gasteiger partial charge in [0, 0.05) is 5.56 Å². The minimum Gasteiger partial charge on any atom is -0.290 e.